The van der Waals surface area contributed by atoms with E-state index in [0.717, 1.165) is 46.6 Å². The summed E-state index contributed by atoms with van der Waals surface area (Å²) in [6.07, 6.45) is 6.17. The zero-order chi connectivity index (χ0) is 18.4. The van der Waals surface area contributed by atoms with Crippen molar-refractivity contribution < 1.29 is 0 Å². The van der Waals surface area contributed by atoms with E-state index in [9.17, 15) is 4.79 Å². The van der Waals surface area contributed by atoms with Gasteiger partial charge in [0.2, 0.25) is 0 Å². The van der Waals surface area contributed by atoms with Crippen molar-refractivity contribution in [2.45, 2.75) is 19.0 Å². The number of pyridine rings is 1. The van der Waals surface area contributed by atoms with E-state index in [1.807, 2.05) is 43.6 Å². The Kier molecular flexibility index (Phi) is 3.68. The Balaban J connectivity index is 1.69. The molecule has 0 amide bonds. The first kappa shape index (κ1) is 16.0. The zero-order valence-electron chi connectivity index (χ0n) is 15.0. The fourth-order valence-electron chi connectivity index (χ4n) is 4.06. The minimum absolute atomic E-state index is 0.0130. The average molecular weight is 360 g/mol. The molecule has 4 heterocycles. The fraction of sp³-hybridized carbons (Fsp3) is 0.250. The highest BCUT2D eigenvalue weighted by Crippen LogP contribution is 2.33. The maximum Gasteiger partial charge on any atom is 0.255 e. The van der Waals surface area contributed by atoms with Gasteiger partial charge in [0.15, 0.2) is 0 Å². The van der Waals surface area contributed by atoms with Gasteiger partial charge in [-0.15, -0.1) is 0 Å². The molecule has 0 aliphatic carbocycles. The molecule has 27 heavy (non-hydrogen) atoms. The molecule has 7 heteroatoms. The lowest BCUT2D eigenvalue weighted by Gasteiger charge is -2.34. The summed E-state index contributed by atoms with van der Waals surface area (Å²) in [7, 11) is 1.83. The number of hydrogen-bond donors (Lipinski definition) is 2. The van der Waals surface area contributed by atoms with Crippen molar-refractivity contribution in [2.75, 3.05) is 6.54 Å². The van der Waals surface area contributed by atoms with Crippen LogP contribution in [0.1, 0.15) is 28.8 Å². The van der Waals surface area contributed by atoms with Crippen LogP contribution in [-0.4, -0.2) is 35.9 Å². The molecule has 1 atom stereocenters. The van der Waals surface area contributed by atoms with Gasteiger partial charge in [0, 0.05) is 43.7 Å². The Labute approximate surface area is 155 Å². The molecule has 0 bridgehead atoms. The molecule has 2 N–H and O–H groups in total. The minimum atomic E-state index is -0.201. The number of benzene rings is 1. The highest BCUT2D eigenvalue weighted by molar-refractivity contribution is 5.79. The van der Waals surface area contributed by atoms with Crippen LogP contribution in [0.25, 0.3) is 10.9 Å². The van der Waals surface area contributed by atoms with Gasteiger partial charge in [0.05, 0.1) is 30.1 Å². The number of H-pyrrole nitrogens is 2. The van der Waals surface area contributed by atoms with Crippen LogP contribution in [-0.2, 0) is 20.0 Å². The van der Waals surface area contributed by atoms with Crippen LogP contribution in [0.2, 0.25) is 0 Å². The van der Waals surface area contributed by atoms with Crippen LogP contribution >= 0.6 is 0 Å². The SMILES string of the molecule is Cn1c(=O)c([C@H]2c3nc[nH]c3CCN2Cc2ncc[nH]2)cc2ccccc21. The molecule has 5 rings (SSSR count). The molecule has 0 spiro atoms. The molecule has 7 nitrogen and oxygen atoms in total. The van der Waals surface area contributed by atoms with Crippen molar-refractivity contribution in [3.05, 3.63) is 82.2 Å². The van der Waals surface area contributed by atoms with E-state index in [0.29, 0.717) is 6.54 Å². The van der Waals surface area contributed by atoms with E-state index in [1.165, 1.54) is 0 Å². The highest BCUT2D eigenvalue weighted by Gasteiger charge is 2.33. The zero-order valence-corrected chi connectivity index (χ0v) is 15.0. The van der Waals surface area contributed by atoms with Gasteiger partial charge < -0.3 is 14.5 Å². The lowest BCUT2D eigenvalue weighted by atomic mass is 9.95. The van der Waals surface area contributed by atoms with Crippen LogP contribution in [0, 0.1) is 0 Å². The number of aryl methyl sites for hydroxylation is 1. The molecule has 136 valence electrons. The number of aromatic amines is 2. The number of para-hydroxylation sites is 1. The summed E-state index contributed by atoms with van der Waals surface area (Å²) < 4.78 is 1.73. The summed E-state index contributed by atoms with van der Waals surface area (Å²) in [4.78, 5) is 30.8. The summed E-state index contributed by atoms with van der Waals surface area (Å²) in [6, 6.07) is 9.79. The van der Waals surface area contributed by atoms with E-state index in [-0.39, 0.29) is 11.6 Å². The average Bonchev–Trinajstić information content (AvgIpc) is 3.36. The molecule has 0 fully saturated rings. The number of hydrogen-bond acceptors (Lipinski definition) is 4. The van der Waals surface area contributed by atoms with Gasteiger partial charge >= 0.3 is 0 Å². The quantitative estimate of drug-likeness (QED) is 0.586. The number of fused-ring (bicyclic) bond motifs is 2. The van der Waals surface area contributed by atoms with Crippen molar-refractivity contribution in [3.63, 3.8) is 0 Å². The first-order chi connectivity index (χ1) is 13.2. The van der Waals surface area contributed by atoms with Crippen molar-refractivity contribution in [3.8, 4) is 0 Å². The lowest BCUT2D eigenvalue weighted by Crippen LogP contribution is -2.39. The van der Waals surface area contributed by atoms with E-state index >= 15 is 0 Å². The molecule has 4 aromatic rings. The molecule has 0 radical (unpaired) electrons. The van der Waals surface area contributed by atoms with Crippen molar-refractivity contribution in [1.29, 1.82) is 0 Å². The number of aromatic nitrogens is 5. The summed E-state index contributed by atoms with van der Waals surface area (Å²) in [6.45, 7) is 1.47. The molecule has 1 aliphatic rings. The van der Waals surface area contributed by atoms with Gasteiger partial charge in [-0.3, -0.25) is 9.69 Å². The smallest absolute Gasteiger partial charge is 0.255 e. The molecular weight excluding hydrogens is 340 g/mol. The van der Waals surface area contributed by atoms with Gasteiger partial charge in [0.25, 0.3) is 5.56 Å². The predicted molar refractivity (Wildman–Crippen MR) is 102 cm³/mol. The second-order valence-electron chi connectivity index (χ2n) is 6.95. The number of nitrogens with one attached hydrogen (secondary N) is 2. The first-order valence-corrected chi connectivity index (χ1v) is 9.05. The molecule has 3 aromatic heterocycles. The van der Waals surface area contributed by atoms with E-state index in [4.69, 9.17) is 0 Å². The Morgan fingerprint density at radius 3 is 2.96 bits per heavy atom. The second-order valence-corrected chi connectivity index (χ2v) is 6.95. The molecule has 0 saturated heterocycles. The van der Waals surface area contributed by atoms with Gasteiger partial charge in [-0.2, -0.15) is 0 Å². The third kappa shape index (κ3) is 2.59. The van der Waals surface area contributed by atoms with Crippen molar-refractivity contribution in [2.24, 2.45) is 7.05 Å². The van der Waals surface area contributed by atoms with Crippen LogP contribution in [0.3, 0.4) is 0 Å². The molecule has 0 unspecified atom stereocenters. The minimum Gasteiger partial charge on any atom is -0.348 e. The number of nitrogens with zero attached hydrogens (tertiary/aromatic N) is 4. The Hall–Kier alpha value is -3.19. The monoisotopic (exact) mass is 360 g/mol. The first-order valence-electron chi connectivity index (χ1n) is 9.05. The normalized spacial score (nSPS) is 17.3. The van der Waals surface area contributed by atoms with Crippen LogP contribution in [0.5, 0.6) is 0 Å². The molecule has 1 aromatic carbocycles. The number of imidazole rings is 2. The Morgan fingerprint density at radius 1 is 1.22 bits per heavy atom. The topological polar surface area (TPSA) is 82.6 Å². The third-order valence-corrected chi connectivity index (χ3v) is 5.39. The van der Waals surface area contributed by atoms with E-state index in [1.54, 1.807) is 17.1 Å². The number of rotatable bonds is 3. The summed E-state index contributed by atoms with van der Waals surface area (Å²) in [5.41, 5.74) is 3.72. The summed E-state index contributed by atoms with van der Waals surface area (Å²) in [5, 5.41) is 1.05. The maximum atomic E-state index is 13.2. The second kappa shape index (κ2) is 6.21. The molecular formula is C20H20N6O. The summed E-state index contributed by atoms with van der Waals surface area (Å²) >= 11 is 0. The van der Waals surface area contributed by atoms with Gasteiger partial charge in [-0.05, 0) is 17.5 Å². The van der Waals surface area contributed by atoms with Crippen LogP contribution in [0.4, 0.5) is 0 Å². The highest BCUT2D eigenvalue weighted by atomic mass is 16.1. The standard InChI is InChI=1S/C20H20N6O/c1-25-16-5-3-2-4-13(16)10-14(20(25)27)19-18-15(23-12-24-18)6-9-26(19)11-17-21-7-8-22-17/h2-5,7-8,10,12,19H,6,9,11H2,1H3,(H,21,22)(H,23,24)/t19-/m0/s1. The largest absolute Gasteiger partial charge is 0.348 e. The fourth-order valence-corrected chi connectivity index (χ4v) is 4.06. The summed E-state index contributed by atoms with van der Waals surface area (Å²) in [5.74, 6) is 0.886. The third-order valence-electron chi connectivity index (χ3n) is 5.39. The Morgan fingerprint density at radius 2 is 2.11 bits per heavy atom. The lowest BCUT2D eigenvalue weighted by molar-refractivity contribution is 0.194. The molecule has 0 saturated carbocycles. The molecule has 1 aliphatic heterocycles. The maximum absolute atomic E-state index is 13.2. The Bertz CT molecular complexity index is 1160. The predicted octanol–water partition coefficient (Wildman–Crippen LogP) is 2.13. The van der Waals surface area contributed by atoms with E-state index in [2.05, 4.69) is 24.8 Å². The van der Waals surface area contributed by atoms with Gasteiger partial charge in [-0.1, -0.05) is 18.2 Å². The van der Waals surface area contributed by atoms with Gasteiger partial charge in [-0.25, -0.2) is 9.97 Å². The van der Waals surface area contributed by atoms with Crippen molar-refractivity contribution >= 4 is 10.9 Å². The van der Waals surface area contributed by atoms with Crippen LogP contribution in [0.15, 0.2) is 53.8 Å². The van der Waals surface area contributed by atoms with E-state index < -0.39 is 0 Å². The van der Waals surface area contributed by atoms with Gasteiger partial charge in [0.1, 0.15) is 5.82 Å². The van der Waals surface area contributed by atoms with Crippen LogP contribution < -0.4 is 5.56 Å². The van der Waals surface area contributed by atoms with Crippen molar-refractivity contribution in [1.82, 2.24) is 29.4 Å².